The summed E-state index contributed by atoms with van der Waals surface area (Å²) in [4.78, 5) is 14.1. The summed E-state index contributed by atoms with van der Waals surface area (Å²) in [6.45, 7) is 2.36. The third-order valence-electron chi connectivity index (χ3n) is 5.10. The molecule has 2 aliphatic heterocycles. The molecule has 2 aliphatic rings. The van der Waals surface area contributed by atoms with E-state index >= 15 is 0 Å². The standard InChI is InChI=1S/C15H22N2O5S/c1-23(20,21)17-5-2-4-15(14(18)19)11-16(8-13(15)9-17)7-12-3-6-22-10-12/h3,6,10,13H,2,4-5,7-9,11H2,1H3,(H,18,19)/t13-,15+/m0/s1. The zero-order chi connectivity index (χ0) is 16.7. The van der Waals surface area contributed by atoms with Crippen molar-refractivity contribution < 1.29 is 22.7 Å². The first-order valence-electron chi connectivity index (χ1n) is 7.73. The summed E-state index contributed by atoms with van der Waals surface area (Å²) in [5.41, 5.74) is 0.144. The van der Waals surface area contributed by atoms with E-state index in [-0.39, 0.29) is 12.5 Å². The molecule has 3 heterocycles. The van der Waals surface area contributed by atoms with Crippen molar-refractivity contribution in [2.24, 2.45) is 11.3 Å². The number of sulfonamides is 1. The second kappa shape index (κ2) is 5.92. The molecule has 2 fully saturated rings. The van der Waals surface area contributed by atoms with E-state index in [0.29, 0.717) is 39.0 Å². The molecule has 0 aliphatic carbocycles. The summed E-state index contributed by atoms with van der Waals surface area (Å²) in [5.74, 6) is -1.00. The molecule has 0 bridgehead atoms. The van der Waals surface area contributed by atoms with Gasteiger partial charge in [0.2, 0.25) is 10.0 Å². The smallest absolute Gasteiger partial charge is 0.311 e. The number of carboxylic acids is 1. The number of likely N-dealkylation sites (tertiary alicyclic amines) is 1. The fourth-order valence-electron chi connectivity index (χ4n) is 3.91. The molecular formula is C15H22N2O5S. The van der Waals surface area contributed by atoms with Crippen molar-refractivity contribution in [1.29, 1.82) is 0 Å². The zero-order valence-corrected chi connectivity index (χ0v) is 14.0. The van der Waals surface area contributed by atoms with Crippen molar-refractivity contribution in [1.82, 2.24) is 9.21 Å². The minimum absolute atomic E-state index is 0.191. The van der Waals surface area contributed by atoms with Crippen molar-refractivity contribution >= 4 is 16.0 Å². The van der Waals surface area contributed by atoms with Crippen LogP contribution in [0.3, 0.4) is 0 Å². The van der Waals surface area contributed by atoms with Gasteiger partial charge in [0, 0.05) is 44.2 Å². The molecular weight excluding hydrogens is 320 g/mol. The van der Waals surface area contributed by atoms with Gasteiger partial charge in [0.15, 0.2) is 0 Å². The minimum atomic E-state index is -3.30. The lowest BCUT2D eigenvalue weighted by molar-refractivity contribution is -0.150. The van der Waals surface area contributed by atoms with Crippen LogP contribution in [-0.4, -0.2) is 61.1 Å². The summed E-state index contributed by atoms with van der Waals surface area (Å²) >= 11 is 0. The topological polar surface area (TPSA) is 91.1 Å². The Morgan fingerprint density at radius 3 is 2.87 bits per heavy atom. The number of carboxylic acid groups (broad SMARTS) is 1. The van der Waals surface area contributed by atoms with Gasteiger partial charge < -0.3 is 9.52 Å². The second-order valence-electron chi connectivity index (χ2n) is 6.68. The molecule has 8 heteroatoms. The van der Waals surface area contributed by atoms with Crippen LogP contribution in [0.15, 0.2) is 23.0 Å². The largest absolute Gasteiger partial charge is 0.481 e. The normalized spacial score (nSPS) is 30.0. The van der Waals surface area contributed by atoms with Crippen molar-refractivity contribution in [3.63, 3.8) is 0 Å². The molecule has 7 nitrogen and oxygen atoms in total. The average molecular weight is 342 g/mol. The van der Waals surface area contributed by atoms with Crippen LogP contribution in [-0.2, 0) is 21.4 Å². The van der Waals surface area contributed by atoms with Gasteiger partial charge in [-0.15, -0.1) is 0 Å². The van der Waals surface area contributed by atoms with E-state index in [1.165, 1.54) is 10.6 Å². The monoisotopic (exact) mass is 342 g/mol. The fourth-order valence-corrected chi connectivity index (χ4v) is 4.83. The maximum absolute atomic E-state index is 12.0. The summed E-state index contributed by atoms with van der Waals surface area (Å²) in [6, 6.07) is 1.87. The van der Waals surface area contributed by atoms with Crippen molar-refractivity contribution in [3.8, 4) is 0 Å². The van der Waals surface area contributed by atoms with Gasteiger partial charge in [0.05, 0.1) is 24.2 Å². The molecule has 0 radical (unpaired) electrons. The molecule has 2 saturated heterocycles. The van der Waals surface area contributed by atoms with Gasteiger partial charge in [-0.2, -0.15) is 0 Å². The van der Waals surface area contributed by atoms with E-state index in [0.717, 1.165) is 5.56 Å². The van der Waals surface area contributed by atoms with E-state index in [2.05, 4.69) is 4.90 Å². The van der Waals surface area contributed by atoms with Crippen LogP contribution in [0.25, 0.3) is 0 Å². The van der Waals surface area contributed by atoms with Gasteiger partial charge in [0.25, 0.3) is 0 Å². The predicted octanol–water partition coefficient (Wildman–Crippen LogP) is 0.838. The van der Waals surface area contributed by atoms with Crippen LogP contribution in [0.1, 0.15) is 18.4 Å². The van der Waals surface area contributed by atoms with Crippen LogP contribution in [0.4, 0.5) is 0 Å². The Morgan fingerprint density at radius 1 is 1.48 bits per heavy atom. The molecule has 128 valence electrons. The number of furan rings is 1. The third kappa shape index (κ3) is 3.15. The average Bonchev–Trinajstić information content (AvgIpc) is 3.02. The number of carbonyl (C=O) groups is 1. The summed E-state index contributed by atoms with van der Waals surface area (Å²) in [6.07, 6.45) is 5.54. The SMILES string of the molecule is CS(=O)(=O)N1CCC[C@@]2(C(=O)O)CN(Cc3ccoc3)C[C@H]2C1. The molecule has 0 spiro atoms. The Morgan fingerprint density at radius 2 is 2.26 bits per heavy atom. The molecule has 0 saturated carbocycles. The van der Waals surface area contributed by atoms with Gasteiger partial charge in [-0.3, -0.25) is 9.69 Å². The molecule has 3 rings (SSSR count). The van der Waals surface area contributed by atoms with Crippen molar-refractivity contribution in [2.45, 2.75) is 19.4 Å². The third-order valence-corrected chi connectivity index (χ3v) is 6.37. The van der Waals surface area contributed by atoms with Gasteiger partial charge in [-0.05, 0) is 18.9 Å². The maximum atomic E-state index is 12.0. The number of rotatable bonds is 4. The van der Waals surface area contributed by atoms with Crippen LogP contribution >= 0.6 is 0 Å². The fraction of sp³-hybridized carbons (Fsp3) is 0.667. The Balaban J connectivity index is 1.83. The molecule has 0 amide bonds. The molecule has 1 N–H and O–H groups in total. The molecule has 1 aromatic heterocycles. The summed E-state index contributed by atoms with van der Waals surface area (Å²) in [7, 11) is -3.30. The molecule has 23 heavy (non-hydrogen) atoms. The van der Waals surface area contributed by atoms with E-state index in [9.17, 15) is 18.3 Å². The lowest BCUT2D eigenvalue weighted by atomic mass is 9.75. The lowest BCUT2D eigenvalue weighted by Gasteiger charge is -2.29. The highest BCUT2D eigenvalue weighted by Gasteiger charge is 2.53. The Hall–Kier alpha value is -1.38. The Kier molecular flexibility index (Phi) is 4.24. The Bertz CT molecular complexity index is 672. The molecule has 2 atom stereocenters. The van der Waals surface area contributed by atoms with E-state index in [1.54, 1.807) is 12.5 Å². The van der Waals surface area contributed by atoms with Crippen molar-refractivity contribution in [3.05, 3.63) is 24.2 Å². The second-order valence-corrected chi connectivity index (χ2v) is 8.67. The quantitative estimate of drug-likeness (QED) is 0.872. The van der Waals surface area contributed by atoms with Gasteiger partial charge in [0.1, 0.15) is 0 Å². The first-order valence-corrected chi connectivity index (χ1v) is 9.58. The van der Waals surface area contributed by atoms with E-state index < -0.39 is 21.4 Å². The highest BCUT2D eigenvalue weighted by Crippen LogP contribution is 2.43. The van der Waals surface area contributed by atoms with Crippen LogP contribution in [0.2, 0.25) is 0 Å². The van der Waals surface area contributed by atoms with Crippen LogP contribution in [0.5, 0.6) is 0 Å². The van der Waals surface area contributed by atoms with Gasteiger partial charge in [-0.1, -0.05) is 0 Å². The highest BCUT2D eigenvalue weighted by atomic mass is 32.2. The van der Waals surface area contributed by atoms with Crippen LogP contribution in [0, 0.1) is 11.3 Å². The molecule has 0 aromatic carbocycles. The minimum Gasteiger partial charge on any atom is -0.481 e. The highest BCUT2D eigenvalue weighted by molar-refractivity contribution is 7.88. The zero-order valence-electron chi connectivity index (χ0n) is 13.1. The van der Waals surface area contributed by atoms with Gasteiger partial charge in [-0.25, -0.2) is 12.7 Å². The Labute approximate surface area is 135 Å². The van der Waals surface area contributed by atoms with Gasteiger partial charge >= 0.3 is 5.97 Å². The summed E-state index contributed by atoms with van der Waals surface area (Å²) < 4.78 is 30.3. The first kappa shape index (κ1) is 16.5. The number of hydrogen-bond donors (Lipinski definition) is 1. The predicted molar refractivity (Wildman–Crippen MR) is 83.2 cm³/mol. The lowest BCUT2D eigenvalue weighted by Crippen LogP contribution is -2.42. The number of aliphatic carboxylic acids is 1. The van der Waals surface area contributed by atoms with E-state index in [1.807, 2.05) is 6.07 Å². The summed E-state index contributed by atoms with van der Waals surface area (Å²) in [5, 5.41) is 9.84. The number of hydrogen-bond acceptors (Lipinski definition) is 5. The molecule has 0 unspecified atom stereocenters. The number of nitrogens with zero attached hydrogens (tertiary/aromatic N) is 2. The first-order chi connectivity index (χ1) is 10.8. The molecule has 1 aromatic rings. The number of fused-ring (bicyclic) bond motifs is 1. The van der Waals surface area contributed by atoms with Crippen LogP contribution < -0.4 is 0 Å². The van der Waals surface area contributed by atoms with Crippen molar-refractivity contribution in [2.75, 3.05) is 32.4 Å². The maximum Gasteiger partial charge on any atom is 0.311 e. The van der Waals surface area contributed by atoms with E-state index in [4.69, 9.17) is 4.42 Å².